The van der Waals surface area contributed by atoms with Crippen LogP contribution in [-0.4, -0.2) is 61.6 Å². The third kappa shape index (κ3) is 6.79. The quantitative estimate of drug-likeness (QED) is 0.463. The fourth-order valence-corrected chi connectivity index (χ4v) is 3.00. The second kappa shape index (κ2) is 11.8. The van der Waals surface area contributed by atoms with Crippen LogP contribution in [0.5, 0.6) is 11.5 Å². The summed E-state index contributed by atoms with van der Waals surface area (Å²) in [5, 5.41) is 2.57. The number of likely N-dealkylation sites (tertiary alicyclic amines) is 1. The molecule has 1 unspecified atom stereocenters. The standard InChI is InChI=1S/C22H30N2O6/c1-4-11-23-21(26)16(3)30-22(27)17-9-10-18(19(14-17)28-5-2)29-15-20(25)24-12-7-6-8-13-24/h4,9-10,14,16H,1,5-8,11-13,15H2,2-3H3,(H,23,26). The van der Waals surface area contributed by atoms with E-state index >= 15 is 0 Å². The summed E-state index contributed by atoms with van der Waals surface area (Å²) in [5.74, 6) is -0.435. The van der Waals surface area contributed by atoms with Gasteiger partial charge < -0.3 is 24.4 Å². The molecule has 1 atom stereocenters. The van der Waals surface area contributed by atoms with Gasteiger partial charge >= 0.3 is 5.97 Å². The van der Waals surface area contributed by atoms with Gasteiger partial charge in [0.05, 0.1) is 12.2 Å². The third-order valence-electron chi connectivity index (χ3n) is 4.61. The molecule has 0 aliphatic carbocycles. The maximum Gasteiger partial charge on any atom is 0.339 e. The lowest BCUT2D eigenvalue weighted by Crippen LogP contribution is -2.38. The number of ether oxygens (including phenoxy) is 3. The Morgan fingerprint density at radius 1 is 1.17 bits per heavy atom. The summed E-state index contributed by atoms with van der Waals surface area (Å²) >= 11 is 0. The van der Waals surface area contributed by atoms with E-state index < -0.39 is 18.0 Å². The van der Waals surface area contributed by atoms with Gasteiger partial charge in [0, 0.05) is 19.6 Å². The Balaban J connectivity index is 2.00. The molecule has 1 saturated heterocycles. The highest BCUT2D eigenvalue weighted by atomic mass is 16.5. The molecule has 1 aromatic rings. The van der Waals surface area contributed by atoms with Gasteiger partial charge in [0.1, 0.15) is 0 Å². The molecule has 1 fully saturated rings. The van der Waals surface area contributed by atoms with Crippen LogP contribution >= 0.6 is 0 Å². The first-order chi connectivity index (χ1) is 14.5. The zero-order chi connectivity index (χ0) is 21.9. The molecule has 1 aromatic carbocycles. The van der Waals surface area contributed by atoms with Crippen LogP contribution in [0.15, 0.2) is 30.9 Å². The monoisotopic (exact) mass is 418 g/mol. The normalized spacial score (nSPS) is 14.4. The average molecular weight is 418 g/mol. The molecule has 0 aromatic heterocycles. The summed E-state index contributed by atoms with van der Waals surface area (Å²) in [4.78, 5) is 38.4. The largest absolute Gasteiger partial charge is 0.490 e. The van der Waals surface area contributed by atoms with Crippen molar-refractivity contribution in [1.82, 2.24) is 10.2 Å². The molecule has 2 rings (SSSR count). The Morgan fingerprint density at radius 2 is 1.90 bits per heavy atom. The van der Waals surface area contributed by atoms with Gasteiger partial charge in [0.25, 0.3) is 11.8 Å². The number of amides is 2. The van der Waals surface area contributed by atoms with Gasteiger partial charge in [-0.3, -0.25) is 9.59 Å². The molecule has 164 valence electrons. The predicted molar refractivity (Wildman–Crippen MR) is 112 cm³/mol. The van der Waals surface area contributed by atoms with Crippen molar-refractivity contribution >= 4 is 17.8 Å². The topological polar surface area (TPSA) is 94.2 Å². The zero-order valence-electron chi connectivity index (χ0n) is 17.6. The molecular weight excluding hydrogens is 388 g/mol. The summed E-state index contributed by atoms with van der Waals surface area (Å²) in [6.07, 6.45) is 3.75. The first-order valence-corrected chi connectivity index (χ1v) is 10.2. The van der Waals surface area contributed by atoms with Crippen LogP contribution in [0, 0.1) is 0 Å². The minimum atomic E-state index is -0.953. The minimum Gasteiger partial charge on any atom is -0.490 e. The van der Waals surface area contributed by atoms with Gasteiger partial charge in [-0.15, -0.1) is 6.58 Å². The van der Waals surface area contributed by atoms with Crippen molar-refractivity contribution in [3.63, 3.8) is 0 Å². The van der Waals surface area contributed by atoms with E-state index in [0.29, 0.717) is 18.1 Å². The van der Waals surface area contributed by atoms with Crippen molar-refractivity contribution in [2.45, 2.75) is 39.2 Å². The smallest absolute Gasteiger partial charge is 0.339 e. The van der Waals surface area contributed by atoms with Crippen molar-refractivity contribution in [2.24, 2.45) is 0 Å². The van der Waals surface area contributed by atoms with E-state index in [4.69, 9.17) is 14.2 Å². The molecule has 8 heteroatoms. The molecule has 1 N–H and O–H groups in total. The lowest BCUT2D eigenvalue weighted by molar-refractivity contribution is -0.134. The van der Waals surface area contributed by atoms with E-state index in [0.717, 1.165) is 32.4 Å². The number of hydrogen-bond donors (Lipinski definition) is 1. The average Bonchev–Trinajstić information content (AvgIpc) is 2.76. The van der Waals surface area contributed by atoms with Gasteiger partial charge in [-0.25, -0.2) is 4.79 Å². The Labute approximate surface area is 177 Å². The van der Waals surface area contributed by atoms with Crippen LogP contribution in [0.2, 0.25) is 0 Å². The van der Waals surface area contributed by atoms with E-state index in [1.807, 2.05) is 0 Å². The van der Waals surface area contributed by atoms with Gasteiger partial charge in [-0.05, 0) is 51.3 Å². The highest BCUT2D eigenvalue weighted by molar-refractivity contribution is 5.93. The van der Waals surface area contributed by atoms with E-state index in [-0.39, 0.29) is 24.6 Å². The van der Waals surface area contributed by atoms with E-state index in [9.17, 15) is 14.4 Å². The number of esters is 1. The maximum atomic E-state index is 12.4. The van der Waals surface area contributed by atoms with Crippen molar-refractivity contribution < 1.29 is 28.6 Å². The summed E-state index contributed by atoms with van der Waals surface area (Å²) < 4.78 is 16.4. The molecule has 1 aliphatic rings. The number of hydrogen-bond acceptors (Lipinski definition) is 6. The lowest BCUT2D eigenvalue weighted by atomic mass is 10.1. The summed E-state index contributed by atoms with van der Waals surface area (Å²) in [6.45, 7) is 8.87. The highest BCUT2D eigenvalue weighted by Crippen LogP contribution is 2.29. The van der Waals surface area contributed by atoms with Crippen LogP contribution in [0.1, 0.15) is 43.5 Å². The van der Waals surface area contributed by atoms with E-state index in [2.05, 4.69) is 11.9 Å². The highest BCUT2D eigenvalue weighted by Gasteiger charge is 2.21. The van der Waals surface area contributed by atoms with E-state index in [1.54, 1.807) is 17.9 Å². The summed E-state index contributed by atoms with van der Waals surface area (Å²) in [7, 11) is 0. The molecular formula is C22H30N2O6. The van der Waals surface area contributed by atoms with Crippen LogP contribution < -0.4 is 14.8 Å². The first kappa shape index (κ1) is 23.3. The zero-order valence-corrected chi connectivity index (χ0v) is 17.6. The van der Waals surface area contributed by atoms with Gasteiger partial charge in [0.15, 0.2) is 24.2 Å². The van der Waals surface area contributed by atoms with Crippen LogP contribution in [0.25, 0.3) is 0 Å². The number of benzene rings is 1. The number of nitrogens with one attached hydrogen (secondary N) is 1. The second-order valence-corrected chi connectivity index (χ2v) is 6.91. The Bertz CT molecular complexity index is 758. The molecule has 8 nitrogen and oxygen atoms in total. The van der Waals surface area contributed by atoms with Crippen LogP contribution in [-0.2, 0) is 14.3 Å². The third-order valence-corrected chi connectivity index (χ3v) is 4.61. The first-order valence-electron chi connectivity index (χ1n) is 10.2. The molecule has 1 heterocycles. The van der Waals surface area contributed by atoms with Crippen molar-refractivity contribution in [1.29, 1.82) is 0 Å². The van der Waals surface area contributed by atoms with Gasteiger partial charge in [0.2, 0.25) is 0 Å². The van der Waals surface area contributed by atoms with Crippen LogP contribution in [0.4, 0.5) is 0 Å². The number of carbonyl (C=O) groups is 3. The fourth-order valence-electron chi connectivity index (χ4n) is 3.00. The number of carbonyl (C=O) groups excluding carboxylic acids is 3. The van der Waals surface area contributed by atoms with Crippen molar-refractivity contribution in [2.75, 3.05) is 32.8 Å². The maximum absolute atomic E-state index is 12.4. The Morgan fingerprint density at radius 3 is 2.57 bits per heavy atom. The second-order valence-electron chi connectivity index (χ2n) is 6.91. The Kier molecular flexibility index (Phi) is 9.18. The summed E-state index contributed by atoms with van der Waals surface area (Å²) in [6, 6.07) is 4.56. The van der Waals surface area contributed by atoms with Gasteiger partial charge in [-0.1, -0.05) is 6.08 Å². The SMILES string of the molecule is C=CCNC(=O)C(C)OC(=O)c1ccc(OCC(=O)N2CCCCC2)c(OCC)c1. The van der Waals surface area contributed by atoms with Crippen molar-refractivity contribution in [3.8, 4) is 11.5 Å². The fraction of sp³-hybridized carbons (Fsp3) is 0.500. The molecule has 0 bridgehead atoms. The number of rotatable bonds is 10. The Hall–Kier alpha value is -3.03. The molecule has 2 amide bonds. The minimum absolute atomic E-state index is 0.0694. The van der Waals surface area contributed by atoms with Gasteiger partial charge in [-0.2, -0.15) is 0 Å². The number of nitrogens with zero attached hydrogens (tertiary/aromatic N) is 1. The molecule has 0 saturated carbocycles. The molecule has 0 spiro atoms. The van der Waals surface area contributed by atoms with E-state index in [1.165, 1.54) is 25.1 Å². The van der Waals surface area contributed by atoms with Crippen LogP contribution in [0.3, 0.4) is 0 Å². The molecule has 0 radical (unpaired) electrons. The number of piperidine rings is 1. The van der Waals surface area contributed by atoms with Crippen molar-refractivity contribution in [3.05, 3.63) is 36.4 Å². The molecule has 1 aliphatic heterocycles. The lowest BCUT2D eigenvalue weighted by Gasteiger charge is -2.26. The molecule has 30 heavy (non-hydrogen) atoms. The summed E-state index contributed by atoms with van der Waals surface area (Å²) in [5.41, 5.74) is 0.219. The predicted octanol–water partition coefficient (Wildman–Crippen LogP) is 2.32.